The summed E-state index contributed by atoms with van der Waals surface area (Å²) in [6.45, 7) is 5.86. The minimum Gasteiger partial charge on any atom is -0.348 e. The van der Waals surface area contributed by atoms with E-state index in [1.807, 2.05) is 45.0 Å². The lowest BCUT2D eigenvalue weighted by Gasteiger charge is -2.35. The Morgan fingerprint density at radius 1 is 1.15 bits per heavy atom. The van der Waals surface area contributed by atoms with Crippen LogP contribution in [-0.2, 0) is 25.8 Å². The first-order valence-electron chi connectivity index (χ1n) is 13.2. The summed E-state index contributed by atoms with van der Waals surface area (Å²) < 4.78 is 23.4. The van der Waals surface area contributed by atoms with Gasteiger partial charge in [0.15, 0.2) is 15.7 Å². The van der Waals surface area contributed by atoms with Crippen LogP contribution in [0.25, 0.3) is 10.9 Å². The molecule has 1 unspecified atom stereocenters. The lowest BCUT2D eigenvalue weighted by molar-refractivity contribution is -0.142. The second kappa shape index (κ2) is 12.1. The van der Waals surface area contributed by atoms with Gasteiger partial charge in [0.05, 0.1) is 11.6 Å². The summed E-state index contributed by atoms with van der Waals surface area (Å²) in [6, 6.07) is 8.36. The molecule has 1 aromatic carbocycles. The molecule has 1 aliphatic rings. The second-order valence-corrected chi connectivity index (χ2v) is 13.1. The Hall–Kier alpha value is -4.20. The fourth-order valence-corrected chi connectivity index (χ4v) is 5.15. The van der Waals surface area contributed by atoms with Crippen molar-refractivity contribution < 1.29 is 22.8 Å². The number of aromatic amines is 1. The number of benzene rings is 1. The fraction of sp³-hybridized carbons (Fsp3) is 0.444. The van der Waals surface area contributed by atoms with E-state index in [9.17, 15) is 22.8 Å². The van der Waals surface area contributed by atoms with Crippen LogP contribution in [0, 0.1) is 5.41 Å². The highest BCUT2D eigenvalue weighted by atomic mass is 32.2. The Bertz CT molecular complexity index is 1550. The number of hydrogen-bond acceptors (Lipinski definition) is 9. The highest BCUT2D eigenvalue weighted by Crippen LogP contribution is 2.26. The van der Waals surface area contributed by atoms with Gasteiger partial charge in [0.2, 0.25) is 11.8 Å². The lowest BCUT2D eigenvalue weighted by atomic mass is 9.85. The molecule has 1 saturated heterocycles. The van der Waals surface area contributed by atoms with Crippen LogP contribution in [0.2, 0.25) is 0 Å². The van der Waals surface area contributed by atoms with Gasteiger partial charge in [-0.2, -0.15) is 0 Å². The summed E-state index contributed by atoms with van der Waals surface area (Å²) in [7, 11) is -3.46. The number of fused-ring (bicyclic) bond motifs is 1. The molecule has 0 saturated carbocycles. The van der Waals surface area contributed by atoms with Gasteiger partial charge in [-0.1, -0.05) is 51.1 Å². The van der Waals surface area contributed by atoms with Crippen molar-refractivity contribution in [2.75, 3.05) is 12.8 Å². The molecule has 41 heavy (non-hydrogen) atoms. The standard InChI is InChI=1S/C27H34N8O5S/c1-27(2,3)23(30-24(36)20-12-11-17-8-5-6-9-19(17)29-20)26(38)35-14-7-10-21(35)25(37)28-18(13-15-41(4,39)40)16-22-31-33-34-32-22/h5-6,8-9,11-13,15,18,21,23H,7,10,14,16H2,1-4H3,(H,28,37)(H,30,36)(H,31,32,33,34)/b15-13+/t18-,21-,23?/m1/s1. The Kier molecular flexibility index (Phi) is 8.80. The average molecular weight is 583 g/mol. The summed E-state index contributed by atoms with van der Waals surface area (Å²) in [5.74, 6) is -0.963. The molecular formula is C27H34N8O5S. The number of likely N-dealkylation sites (tertiary alicyclic amines) is 1. The van der Waals surface area contributed by atoms with Crippen LogP contribution in [0.3, 0.4) is 0 Å². The Morgan fingerprint density at radius 2 is 1.90 bits per heavy atom. The molecule has 1 aliphatic heterocycles. The van der Waals surface area contributed by atoms with E-state index in [1.54, 1.807) is 12.1 Å². The number of tetrazole rings is 1. The van der Waals surface area contributed by atoms with Gasteiger partial charge in [-0.3, -0.25) is 14.4 Å². The molecule has 4 rings (SSSR count). The molecule has 14 heteroatoms. The number of hydrogen-bond donors (Lipinski definition) is 3. The Balaban J connectivity index is 1.51. The van der Waals surface area contributed by atoms with E-state index in [-0.39, 0.29) is 18.0 Å². The molecule has 1 fully saturated rings. The number of rotatable bonds is 9. The quantitative estimate of drug-likeness (QED) is 0.334. The van der Waals surface area contributed by atoms with Gasteiger partial charge in [-0.05, 0) is 40.8 Å². The van der Waals surface area contributed by atoms with Gasteiger partial charge in [0.25, 0.3) is 5.91 Å². The Morgan fingerprint density at radius 3 is 2.59 bits per heavy atom. The zero-order chi connectivity index (χ0) is 29.8. The van der Waals surface area contributed by atoms with Crippen LogP contribution in [-0.4, -0.2) is 87.6 Å². The third-order valence-electron chi connectivity index (χ3n) is 6.75. The van der Waals surface area contributed by atoms with Gasteiger partial charge in [0.1, 0.15) is 17.8 Å². The molecule has 2 aromatic heterocycles. The normalized spacial score (nSPS) is 17.5. The SMILES string of the molecule is CC(C)(C)C(NC(=O)c1ccc2ccccc2n1)C(=O)N1CCC[C@@H]1C(=O)N[C@H](/C=C/S(C)(=O)=O)Cc1nnn[nH]1. The number of nitrogens with zero attached hydrogens (tertiary/aromatic N) is 5. The largest absolute Gasteiger partial charge is 0.348 e. The van der Waals surface area contributed by atoms with Crippen molar-refractivity contribution in [2.24, 2.45) is 5.41 Å². The van der Waals surface area contributed by atoms with Gasteiger partial charge in [-0.25, -0.2) is 18.5 Å². The van der Waals surface area contributed by atoms with E-state index >= 15 is 0 Å². The van der Waals surface area contributed by atoms with Crippen molar-refractivity contribution in [2.45, 2.75) is 58.2 Å². The predicted molar refractivity (Wildman–Crippen MR) is 151 cm³/mol. The van der Waals surface area contributed by atoms with Crippen LogP contribution in [0.15, 0.2) is 47.9 Å². The number of amides is 3. The molecule has 3 atom stereocenters. The maximum Gasteiger partial charge on any atom is 0.270 e. The third-order valence-corrected chi connectivity index (χ3v) is 7.40. The number of carbonyl (C=O) groups is 3. The van der Waals surface area contributed by atoms with Crippen molar-refractivity contribution in [3.05, 3.63) is 59.4 Å². The zero-order valence-electron chi connectivity index (χ0n) is 23.4. The summed E-state index contributed by atoms with van der Waals surface area (Å²) >= 11 is 0. The van der Waals surface area contributed by atoms with Crippen molar-refractivity contribution in [1.29, 1.82) is 0 Å². The first-order chi connectivity index (χ1) is 19.3. The predicted octanol–water partition coefficient (Wildman–Crippen LogP) is 1.17. The van der Waals surface area contributed by atoms with Crippen molar-refractivity contribution in [1.82, 2.24) is 41.1 Å². The van der Waals surface area contributed by atoms with Crippen LogP contribution >= 0.6 is 0 Å². The Labute approximate surface area is 238 Å². The highest BCUT2D eigenvalue weighted by molar-refractivity contribution is 7.93. The molecule has 13 nitrogen and oxygen atoms in total. The van der Waals surface area contributed by atoms with E-state index in [0.717, 1.165) is 17.1 Å². The van der Waals surface area contributed by atoms with Crippen molar-refractivity contribution in [3.63, 3.8) is 0 Å². The minimum atomic E-state index is -3.46. The third kappa shape index (κ3) is 7.72. The van der Waals surface area contributed by atoms with Crippen LogP contribution in [0.4, 0.5) is 0 Å². The first kappa shape index (κ1) is 29.8. The monoisotopic (exact) mass is 582 g/mol. The first-order valence-corrected chi connectivity index (χ1v) is 15.2. The van der Waals surface area contributed by atoms with Crippen molar-refractivity contribution in [3.8, 4) is 0 Å². The average Bonchev–Trinajstić information content (AvgIpc) is 3.61. The van der Waals surface area contributed by atoms with E-state index in [4.69, 9.17) is 0 Å². The summed E-state index contributed by atoms with van der Waals surface area (Å²) in [5, 5.41) is 21.0. The van der Waals surface area contributed by atoms with Crippen LogP contribution in [0.5, 0.6) is 0 Å². The molecular weight excluding hydrogens is 548 g/mol. The molecule has 0 spiro atoms. The number of H-pyrrole nitrogens is 1. The number of para-hydroxylation sites is 1. The van der Waals surface area contributed by atoms with E-state index < -0.39 is 45.2 Å². The van der Waals surface area contributed by atoms with Gasteiger partial charge >= 0.3 is 0 Å². The molecule has 3 heterocycles. The van der Waals surface area contributed by atoms with Crippen molar-refractivity contribution >= 4 is 38.5 Å². The highest BCUT2D eigenvalue weighted by Gasteiger charge is 2.42. The maximum atomic E-state index is 13.9. The molecule has 3 N–H and O–H groups in total. The van der Waals surface area contributed by atoms with Gasteiger partial charge in [-0.15, -0.1) is 5.10 Å². The molecule has 0 radical (unpaired) electrons. The number of pyridine rings is 1. The number of aromatic nitrogens is 5. The second-order valence-electron chi connectivity index (χ2n) is 11.2. The topological polar surface area (TPSA) is 180 Å². The van der Waals surface area contributed by atoms with Gasteiger partial charge in [0, 0.05) is 30.0 Å². The summed E-state index contributed by atoms with van der Waals surface area (Å²) in [4.78, 5) is 46.4. The molecule has 3 amide bonds. The number of nitrogens with one attached hydrogen (secondary N) is 3. The minimum absolute atomic E-state index is 0.116. The zero-order valence-corrected chi connectivity index (χ0v) is 24.2. The smallest absolute Gasteiger partial charge is 0.270 e. The van der Waals surface area contributed by atoms with Crippen LogP contribution in [0.1, 0.15) is 49.9 Å². The lowest BCUT2D eigenvalue weighted by Crippen LogP contribution is -2.58. The van der Waals surface area contributed by atoms with E-state index in [2.05, 4.69) is 36.2 Å². The van der Waals surface area contributed by atoms with E-state index in [0.29, 0.717) is 30.7 Å². The molecule has 218 valence electrons. The van der Waals surface area contributed by atoms with Gasteiger partial charge < -0.3 is 15.5 Å². The van der Waals surface area contributed by atoms with Crippen LogP contribution < -0.4 is 10.6 Å². The fourth-order valence-electron chi connectivity index (χ4n) is 4.67. The molecule has 0 aliphatic carbocycles. The summed E-state index contributed by atoms with van der Waals surface area (Å²) in [5.41, 5.74) is 0.173. The van der Waals surface area contributed by atoms with E-state index in [1.165, 1.54) is 11.0 Å². The molecule has 3 aromatic rings. The maximum absolute atomic E-state index is 13.9. The molecule has 0 bridgehead atoms. The summed E-state index contributed by atoms with van der Waals surface area (Å²) in [6.07, 6.45) is 3.53. The number of sulfone groups is 1. The number of carbonyl (C=O) groups excluding carboxylic acids is 3.